The lowest BCUT2D eigenvalue weighted by molar-refractivity contribution is -0.131. The number of carbonyl (C=O) groups is 1. The van der Waals surface area contributed by atoms with E-state index in [0.29, 0.717) is 11.1 Å². The van der Waals surface area contributed by atoms with Gasteiger partial charge < -0.3 is 4.43 Å². The molecule has 0 bridgehead atoms. The van der Waals surface area contributed by atoms with Crippen molar-refractivity contribution in [2.24, 2.45) is 0 Å². The van der Waals surface area contributed by atoms with E-state index in [1.165, 1.54) is 0 Å². The first-order valence-electron chi connectivity index (χ1n) is 6.66. The van der Waals surface area contributed by atoms with Crippen LogP contribution in [-0.2, 0) is 9.22 Å². The number of rotatable bonds is 3. The topological polar surface area (TPSA) is 26.3 Å². The fourth-order valence-corrected chi connectivity index (χ4v) is 10.5. The summed E-state index contributed by atoms with van der Waals surface area (Å²) in [5.74, 6) is -0.236. The fraction of sp³-hybridized carbons (Fsp3) is 0.800. The summed E-state index contributed by atoms with van der Waals surface area (Å²) in [7, 11) is -2.31. The Morgan fingerprint density at radius 2 is 1.39 bits per heavy atom. The van der Waals surface area contributed by atoms with Crippen molar-refractivity contribution in [1.29, 1.82) is 0 Å². The Kier molecular flexibility index (Phi) is 5.03. The predicted octanol–water partition coefficient (Wildman–Crippen LogP) is 5.06. The molecule has 0 N–H and O–H groups in total. The van der Waals surface area contributed by atoms with Crippen molar-refractivity contribution in [1.82, 2.24) is 0 Å². The summed E-state index contributed by atoms with van der Waals surface area (Å²) < 4.78 is 6.09. The van der Waals surface area contributed by atoms with E-state index >= 15 is 0 Å². The molecular weight excluding hydrogens is 240 g/mol. The molecule has 0 rings (SSSR count). The highest BCUT2D eigenvalue weighted by Crippen LogP contribution is 2.57. The van der Waals surface area contributed by atoms with E-state index in [9.17, 15) is 4.79 Å². The maximum absolute atomic E-state index is 12.1. The van der Waals surface area contributed by atoms with Crippen molar-refractivity contribution < 1.29 is 9.22 Å². The minimum atomic E-state index is -2.31. The smallest absolute Gasteiger partial charge is 0.319 e. The molecule has 0 aromatic carbocycles. The Morgan fingerprint density at radius 1 is 1.06 bits per heavy atom. The van der Waals surface area contributed by atoms with Gasteiger partial charge in [0.2, 0.25) is 0 Å². The second-order valence-electron chi connectivity index (χ2n) is 7.56. The van der Waals surface area contributed by atoms with Gasteiger partial charge in [-0.1, -0.05) is 62.0 Å². The third-order valence-electron chi connectivity index (χ3n) is 3.64. The highest BCUT2D eigenvalue weighted by atomic mass is 28.4. The van der Waals surface area contributed by atoms with Crippen LogP contribution in [0.2, 0.25) is 15.6 Å². The molecule has 0 aromatic heterocycles. The molecular formula is C15H30O2Si. The molecule has 0 saturated carbocycles. The van der Waals surface area contributed by atoms with Gasteiger partial charge in [0.25, 0.3) is 8.32 Å². The summed E-state index contributed by atoms with van der Waals surface area (Å²) in [5, 5.41) is -0.0188. The van der Waals surface area contributed by atoms with Crippen molar-refractivity contribution in [2.45, 2.75) is 77.9 Å². The molecule has 0 aliphatic rings. The average molecular weight is 270 g/mol. The van der Waals surface area contributed by atoms with Crippen LogP contribution in [0.1, 0.15) is 62.3 Å². The Morgan fingerprint density at radius 3 is 1.56 bits per heavy atom. The van der Waals surface area contributed by atoms with Crippen LogP contribution in [0, 0.1) is 0 Å². The zero-order valence-electron chi connectivity index (χ0n) is 13.6. The molecule has 2 nitrogen and oxygen atoms in total. The van der Waals surface area contributed by atoms with Crippen LogP contribution in [0.5, 0.6) is 0 Å². The van der Waals surface area contributed by atoms with Gasteiger partial charge in [-0.25, -0.2) is 4.79 Å². The molecule has 0 unspecified atom stereocenters. The lowest BCUT2D eigenvalue weighted by Gasteiger charge is -2.52. The van der Waals surface area contributed by atoms with E-state index in [1.807, 2.05) is 0 Å². The summed E-state index contributed by atoms with van der Waals surface area (Å²) in [6.07, 6.45) is 0. The average Bonchev–Trinajstić information content (AvgIpc) is 2.08. The monoisotopic (exact) mass is 270 g/mol. The molecule has 106 valence electrons. The molecule has 0 aliphatic carbocycles. The summed E-state index contributed by atoms with van der Waals surface area (Å²) in [5.41, 5.74) is 0.849. The zero-order chi connectivity index (χ0) is 14.9. The van der Waals surface area contributed by atoms with Gasteiger partial charge in [-0.05, 0) is 22.5 Å². The Balaban J connectivity index is 5.82. The zero-order valence-corrected chi connectivity index (χ0v) is 14.6. The predicted molar refractivity (Wildman–Crippen MR) is 81.2 cm³/mol. The third kappa shape index (κ3) is 3.05. The lowest BCUT2D eigenvalue weighted by atomic mass is 10.2. The van der Waals surface area contributed by atoms with Gasteiger partial charge in [-0.15, -0.1) is 0 Å². The van der Waals surface area contributed by atoms with Gasteiger partial charge in [0.05, 0.1) is 0 Å². The molecule has 0 atom stereocenters. The van der Waals surface area contributed by atoms with Gasteiger partial charge in [0.15, 0.2) is 0 Å². The van der Waals surface area contributed by atoms with Gasteiger partial charge in [-0.2, -0.15) is 0 Å². The van der Waals surface area contributed by atoms with E-state index in [1.54, 1.807) is 6.92 Å². The van der Waals surface area contributed by atoms with Gasteiger partial charge >= 0.3 is 5.97 Å². The largest absolute Gasteiger partial charge is 0.514 e. The molecule has 0 saturated heterocycles. The molecule has 0 aromatic rings. The second-order valence-corrected chi connectivity index (χ2v) is 13.4. The maximum atomic E-state index is 12.1. The van der Waals surface area contributed by atoms with Crippen molar-refractivity contribution in [3.8, 4) is 0 Å². The Labute approximate surface area is 114 Å². The van der Waals surface area contributed by atoms with Crippen LogP contribution >= 0.6 is 0 Å². The highest BCUT2D eigenvalue weighted by molar-refractivity contribution is 6.81. The van der Waals surface area contributed by atoms with E-state index in [-0.39, 0.29) is 16.0 Å². The first-order chi connectivity index (χ1) is 7.77. The standard InChI is InChI=1S/C15H30O2Si/c1-11(2)13(16)17-18(12(3)4,14(5,6)7)15(8,9)10/h12H,1H2,2-10H3. The fourth-order valence-electron chi connectivity index (χ4n) is 3.51. The number of carbonyl (C=O) groups excluding carboxylic acids is 1. The normalized spacial score (nSPS) is 13.7. The van der Waals surface area contributed by atoms with Crippen molar-refractivity contribution in [3.05, 3.63) is 12.2 Å². The first-order valence-corrected chi connectivity index (χ1v) is 8.64. The molecule has 0 fully saturated rings. The quantitative estimate of drug-likeness (QED) is 0.529. The van der Waals surface area contributed by atoms with E-state index in [2.05, 4.69) is 62.0 Å². The summed E-state index contributed by atoms with van der Waals surface area (Å²) in [6, 6.07) is 0. The third-order valence-corrected chi connectivity index (χ3v) is 10.2. The van der Waals surface area contributed by atoms with Crippen LogP contribution in [0.15, 0.2) is 12.2 Å². The van der Waals surface area contributed by atoms with Crippen molar-refractivity contribution >= 4 is 14.3 Å². The molecule has 0 aliphatic heterocycles. The number of hydrogen-bond donors (Lipinski definition) is 0. The van der Waals surface area contributed by atoms with Crippen molar-refractivity contribution in [2.75, 3.05) is 0 Å². The van der Waals surface area contributed by atoms with Crippen LogP contribution in [0.25, 0.3) is 0 Å². The van der Waals surface area contributed by atoms with Gasteiger partial charge in [0, 0.05) is 5.57 Å². The Bertz CT molecular complexity index is 315. The Hall–Kier alpha value is -0.573. The second kappa shape index (κ2) is 5.20. The highest BCUT2D eigenvalue weighted by Gasteiger charge is 2.59. The van der Waals surface area contributed by atoms with Gasteiger partial charge in [0.1, 0.15) is 0 Å². The molecule has 0 spiro atoms. The summed E-state index contributed by atoms with van der Waals surface area (Å²) in [6.45, 7) is 22.9. The van der Waals surface area contributed by atoms with E-state index in [4.69, 9.17) is 4.43 Å². The van der Waals surface area contributed by atoms with Crippen LogP contribution in [-0.4, -0.2) is 14.3 Å². The molecule has 18 heavy (non-hydrogen) atoms. The maximum Gasteiger partial charge on any atom is 0.319 e. The molecule has 3 heteroatoms. The number of hydrogen-bond acceptors (Lipinski definition) is 2. The van der Waals surface area contributed by atoms with E-state index in [0.717, 1.165) is 0 Å². The molecule has 0 radical (unpaired) electrons. The first kappa shape index (κ1) is 17.4. The van der Waals surface area contributed by atoms with Crippen LogP contribution in [0.3, 0.4) is 0 Å². The summed E-state index contributed by atoms with van der Waals surface area (Å²) >= 11 is 0. The SMILES string of the molecule is C=C(C)C(=O)O[Si](C(C)C)(C(C)(C)C)C(C)(C)C. The lowest BCUT2D eigenvalue weighted by Crippen LogP contribution is -2.58. The van der Waals surface area contributed by atoms with E-state index < -0.39 is 8.32 Å². The minimum Gasteiger partial charge on any atom is -0.514 e. The van der Waals surface area contributed by atoms with Crippen molar-refractivity contribution in [3.63, 3.8) is 0 Å². The molecule has 0 heterocycles. The minimum absolute atomic E-state index is 0.00940. The van der Waals surface area contributed by atoms with Gasteiger partial charge in [-0.3, -0.25) is 0 Å². The van der Waals surface area contributed by atoms with Crippen LogP contribution in [0.4, 0.5) is 0 Å². The van der Waals surface area contributed by atoms with Crippen LogP contribution < -0.4 is 0 Å². The molecule has 0 amide bonds. The summed E-state index contributed by atoms with van der Waals surface area (Å²) in [4.78, 5) is 12.1.